The summed E-state index contributed by atoms with van der Waals surface area (Å²) in [5, 5.41) is 14.9. The van der Waals surface area contributed by atoms with Crippen LogP contribution in [0.1, 0.15) is 12.6 Å². The van der Waals surface area contributed by atoms with Crippen LogP contribution in [0.25, 0.3) is 0 Å². The van der Waals surface area contributed by atoms with Crippen molar-refractivity contribution < 1.29 is 14.7 Å². The first-order valence-corrected chi connectivity index (χ1v) is 4.02. The van der Waals surface area contributed by atoms with Crippen LogP contribution in [0, 0.1) is 6.92 Å². The first-order valence-electron chi connectivity index (χ1n) is 4.02. The molecule has 14 heavy (non-hydrogen) atoms. The number of nitrogens with zero attached hydrogens (tertiary/aromatic N) is 2. The van der Waals surface area contributed by atoms with Crippen LogP contribution < -0.4 is 5.32 Å². The highest BCUT2D eigenvalue weighted by Crippen LogP contribution is 2.12. The van der Waals surface area contributed by atoms with Gasteiger partial charge in [0.25, 0.3) is 0 Å². The number of anilines is 1. The second kappa shape index (κ2) is 3.91. The number of rotatable bonds is 3. The highest BCUT2D eigenvalue weighted by atomic mass is 16.4. The summed E-state index contributed by atoms with van der Waals surface area (Å²) in [4.78, 5) is 21.1. The van der Waals surface area contributed by atoms with E-state index in [0.29, 0.717) is 11.4 Å². The third-order valence-electron chi connectivity index (χ3n) is 1.70. The van der Waals surface area contributed by atoms with Crippen LogP contribution in [0.15, 0.2) is 6.20 Å². The number of carboxylic acid groups (broad SMARTS) is 1. The Labute approximate surface area is 80.5 Å². The summed E-state index contributed by atoms with van der Waals surface area (Å²) in [7, 11) is 0. The van der Waals surface area contributed by atoms with E-state index in [2.05, 4.69) is 10.4 Å². The molecule has 0 atom stereocenters. The molecule has 0 radical (unpaired) electrons. The monoisotopic (exact) mass is 197 g/mol. The second-order valence-electron chi connectivity index (χ2n) is 2.88. The van der Waals surface area contributed by atoms with Gasteiger partial charge in [-0.1, -0.05) is 0 Å². The van der Waals surface area contributed by atoms with Gasteiger partial charge < -0.3 is 10.4 Å². The van der Waals surface area contributed by atoms with Crippen LogP contribution >= 0.6 is 0 Å². The van der Waals surface area contributed by atoms with Gasteiger partial charge in [0.15, 0.2) is 0 Å². The van der Waals surface area contributed by atoms with Crippen molar-refractivity contribution in [3.05, 3.63) is 11.9 Å². The third-order valence-corrected chi connectivity index (χ3v) is 1.70. The summed E-state index contributed by atoms with van der Waals surface area (Å²) in [6.45, 7) is 2.88. The molecule has 1 amide bonds. The maximum absolute atomic E-state index is 10.7. The van der Waals surface area contributed by atoms with Gasteiger partial charge >= 0.3 is 5.97 Å². The molecule has 0 saturated carbocycles. The van der Waals surface area contributed by atoms with Gasteiger partial charge in [-0.3, -0.25) is 14.3 Å². The van der Waals surface area contributed by atoms with E-state index in [9.17, 15) is 9.59 Å². The molecular formula is C8H11N3O3. The van der Waals surface area contributed by atoms with Crippen molar-refractivity contribution in [3.63, 3.8) is 0 Å². The van der Waals surface area contributed by atoms with E-state index >= 15 is 0 Å². The molecule has 76 valence electrons. The Morgan fingerprint density at radius 3 is 2.79 bits per heavy atom. The molecule has 0 fully saturated rings. The number of nitrogens with one attached hydrogen (secondary N) is 1. The van der Waals surface area contributed by atoms with E-state index < -0.39 is 5.97 Å². The standard InChI is InChI=1S/C8H11N3O3/c1-5-7(10-6(2)12)3-9-11(5)4-8(13)14/h3H,4H2,1-2H3,(H,10,12)(H,13,14). The first kappa shape index (κ1) is 10.2. The van der Waals surface area contributed by atoms with E-state index in [1.54, 1.807) is 6.92 Å². The van der Waals surface area contributed by atoms with E-state index in [1.807, 2.05) is 0 Å². The van der Waals surface area contributed by atoms with Gasteiger partial charge in [0.05, 0.1) is 17.6 Å². The highest BCUT2D eigenvalue weighted by molar-refractivity contribution is 5.89. The minimum atomic E-state index is -0.967. The Kier molecular flexibility index (Phi) is 2.85. The Morgan fingerprint density at radius 1 is 1.64 bits per heavy atom. The largest absolute Gasteiger partial charge is 0.480 e. The zero-order valence-corrected chi connectivity index (χ0v) is 7.94. The molecular weight excluding hydrogens is 186 g/mol. The van der Waals surface area contributed by atoms with Crippen molar-refractivity contribution in [2.75, 3.05) is 5.32 Å². The van der Waals surface area contributed by atoms with Gasteiger partial charge in [-0.15, -0.1) is 0 Å². The molecule has 0 saturated heterocycles. The third kappa shape index (κ3) is 2.32. The fourth-order valence-electron chi connectivity index (χ4n) is 1.05. The Hall–Kier alpha value is -1.85. The van der Waals surface area contributed by atoms with Crippen molar-refractivity contribution in [2.24, 2.45) is 0 Å². The van der Waals surface area contributed by atoms with Crippen LogP contribution in [0.5, 0.6) is 0 Å². The van der Waals surface area contributed by atoms with Gasteiger partial charge in [0.1, 0.15) is 6.54 Å². The first-order chi connectivity index (χ1) is 6.50. The summed E-state index contributed by atoms with van der Waals surface area (Å²) in [5.74, 6) is -1.17. The number of hydrogen-bond acceptors (Lipinski definition) is 3. The van der Waals surface area contributed by atoms with Crippen molar-refractivity contribution in [2.45, 2.75) is 20.4 Å². The average Bonchev–Trinajstić information content (AvgIpc) is 2.34. The minimum Gasteiger partial charge on any atom is -0.480 e. The molecule has 0 unspecified atom stereocenters. The molecule has 0 aliphatic carbocycles. The molecule has 0 aliphatic heterocycles. The van der Waals surface area contributed by atoms with Crippen molar-refractivity contribution in [1.29, 1.82) is 0 Å². The molecule has 0 bridgehead atoms. The quantitative estimate of drug-likeness (QED) is 0.726. The van der Waals surface area contributed by atoms with Crippen LogP contribution in [0.3, 0.4) is 0 Å². The molecule has 1 rings (SSSR count). The predicted molar refractivity (Wildman–Crippen MR) is 48.9 cm³/mol. The highest BCUT2D eigenvalue weighted by Gasteiger charge is 2.09. The van der Waals surface area contributed by atoms with Gasteiger partial charge in [-0.25, -0.2) is 0 Å². The lowest BCUT2D eigenvalue weighted by Gasteiger charge is -2.02. The maximum Gasteiger partial charge on any atom is 0.325 e. The van der Waals surface area contributed by atoms with Crippen molar-refractivity contribution >= 4 is 17.6 Å². The molecule has 0 aromatic carbocycles. The van der Waals surface area contributed by atoms with E-state index in [-0.39, 0.29) is 12.5 Å². The van der Waals surface area contributed by atoms with Gasteiger partial charge in [-0.2, -0.15) is 5.10 Å². The number of carboxylic acids is 1. The van der Waals surface area contributed by atoms with Crippen LogP contribution in [-0.4, -0.2) is 26.8 Å². The lowest BCUT2D eigenvalue weighted by atomic mass is 10.4. The fourth-order valence-corrected chi connectivity index (χ4v) is 1.05. The normalized spacial score (nSPS) is 9.86. The Bertz CT molecular complexity index is 336. The summed E-state index contributed by atoms with van der Waals surface area (Å²) in [6, 6.07) is 0. The summed E-state index contributed by atoms with van der Waals surface area (Å²) < 4.78 is 1.31. The molecule has 1 aromatic heterocycles. The van der Waals surface area contributed by atoms with Gasteiger partial charge in [0, 0.05) is 6.92 Å². The number of aliphatic carboxylic acids is 1. The van der Waals surface area contributed by atoms with E-state index in [1.165, 1.54) is 17.8 Å². The van der Waals surface area contributed by atoms with Crippen LogP contribution in [-0.2, 0) is 16.1 Å². The summed E-state index contributed by atoms with van der Waals surface area (Å²) >= 11 is 0. The number of amides is 1. The maximum atomic E-state index is 10.7. The van der Waals surface area contributed by atoms with Crippen molar-refractivity contribution in [3.8, 4) is 0 Å². The van der Waals surface area contributed by atoms with Gasteiger partial charge in [0.2, 0.25) is 5.91 Å². The predicted octanol–water partition coefficient (Wildman–Crippen LogP) is 0.235. The zero-order valence-electron chi connectivity index (χ0n) is 7.94. The molecule has 1 aromatic rings. The Morgan fingerprint density at radius 2 is 2.29 bits per heavy atom. The van der Waals surface area contributed by atoms with Crippen LogP contribution in [0.4, 0.5) is 5.69 Å². The average molecular weight is 197 g/mol. The molecule has 1 heterocycles. The summed E-state index contributed by atoms with van der Waals surface area (Å²) in [6.07, 6.45) is 1.43. The molecule has 2 N–H and O–H groups in total. The number of hydrogen-bond donors (Lipinski definition) is 2. The lowest BCUT2D eigenvalue weighted by molar-refractivity contribution is -0.137. The molecule has 0 spiro atoms. The zero-order chi connectivity index (χ0) is 10.7. The second-order valence-corrected chi connectivity index (χ2v) is 2.88. The summed E-state index contributed by atoms with van der Waals surface area (Å²) in [5.41, 5.74) is 1.17. The molecule has 6 nitrogen and oxygen atoms in total. The SMILES string of the molecule is CC(=O)Nc1cnn(CC(=O)O)c1C. The van der Waals surface area contributed by atoms with Gasteiger partial charge in [-0.05, 0) is 6.92 Å². The Balaban J connectivity index is 2.85. The molecule has 6 heteroatoms. The van der Waals surface area contributed by atoms with E-state index in [0.717, 1.165) is 0 Å². The number of carbonyl (C=O) groups excluding carboxylic acids is 1. The number of carbonyl (C=O) groups is 2. The number of aromatic nitrogens is 2. The minimum absolute atomic E-state index is 0.203. The van der Waals surface area contributed by atoms with Crippen molar-refractivity contribution in [1.82, 2.24) is 9.78 Å². The van der Waals surface area contributed by atoms with E-state index in [4.69, 9.17) is 5.11 Å². The topological polar surface area (TPSA) is 84.2 Å². The molecule has 0 aliphatic rings. The lowest BCUT2D eigenvalue weighted by Crippen LogP contribution is -2.12. The smallest absolute Gasteiger partial charge is 0.325 e. The van der Waals surface area contributed by atoms with Crippen LogP contribution in [0.2, 0.25) is 0 Å². The fraction of sp³-hybridized carbons (Fsp3) is 0.375.